The molecule has 0 fully saturated rings. The molecule has 5 heterocycles. The van der Waals surface area contributed by atoms with Crippen LogP contribution in [0.2, 0.25) is 0 Å². The minimum absolute atomic E-state index is 0.426. The Kier molecular flexibility index (Phi) is 8.65. The molecule has 16 rings (SSSR count). The van der Waals surface area contributed by atoms with E-state index in [-0.39, 0.29) is 0 Å². The summed E-state index contributed by atoms with van der Waals surface area (Å²) in [4.78, 5) is 0. The van der Waals surface area contributed by atoms with Gasteiger partial charge in [-0.3, -0.25) is 0 Å². The summed E-state index contributed by atoms with van der Waals surface area (Å²) in [6.07, 6.45) is 0. The van der Waals surface area contributed by atoms with Crippen LogP contribution in [-0.2, 0) is 0 Å². The van der Waals surface area contributed by atoms with Crippen molar-refractivity contribution in [2.45, 2.75) is 0 Å². The van der Waals surface area contributed by atoms with E-state index in [1.807, 2.05) is 6.07 Å². The van der Waals surface area contributed by atoms with Crippen LogP contribution in [0.15, 0.2) is 231 Å². The molecular formula is C68H38N6S. The van der Waals surface area contributed by atoms with Gasteiger partial charge in [0.1, 0.15) is 23.3 Å². The third kappa shape index (κ3) is 5.59. The number of nitrogens with zero attached hydrogens (tertiary/aromatic N) is 6. The summed E-state index contributed by atoms with van der Waals surface area (Å²) in [6, 6.07) is 87.0. The van der Waals surface area contributed by atoms with Gasteiger partial charge in [0.2, 0.25) is 0 Å². The molecule has 5 aromatic heterocycles. The number of fused-ring (bicyclic) bond motifs is 16. The van der Waals surface area contributed by atoms with Gasteiger partial charge in [-0.05, 0) is 65.7 Å². The Morgan fingerprint density at radius 3 is 1.07 bits per heavy atom. The summed E-state index contributed by atoms with van der Waals surface area (Å²) in [5, 5.41) is 36.3. The first-order chi connectivity index (χ1) is 37.2. The molecule has 0 aliphatic heterocycles. The van der Waals surface area contributed by atoms with Crippen LogP contribution in [-0.4, -0.2) is 18.3 Å². The normalized spacial score (nSPS) is 12.0. The van der Waals surface area contributed by atoms with Gasteiger partial charge in [-0.15, -0.1) is 11.3 Å². The highest BCUT2D eigenvalue weighted by molar-refractivity contribution is 7.26. The molecule has 16 aromatic rings. The van der Waals surface area contributed by atoms with Gasteiger partial charge in [0, 0.05) is 63.3 Å². The van der Waals surface area contributed by atoms with Gasteiger partial charge >= 0.3 is 0 Å². The van der Waals surface area contributed by atoms with Gasteiger partial charge in [-0.1, -0.05) is 176 Å². The number of para-hydroxylation sites is 6. The van der Waals surface area contributed by atoms with Gasteiger partial charge in [-0.2, -0.15) is 10.5 Å². The average molecular weight is 971 g/mol. The molecule has 0 radical (unpaired) electrons. The lowest BCUT2D eigenvalue weighted by molar-refractivity contribution is 1.02. The Labute approximate surface area is 432 Å². The average Bonchev–Trinajstić information content (AvgIpc) is 4.29. The number of nitriles is 2. The van der Waals surface area contributed by atoms with E-state index in [2.05, 4.69) is 255 Å². The van der Waals surface area contributed by atoms with Crippen molar-refractivity contribution >= 4 is 119 Å². The second-order valence-electron chi connectivity index (χ2n) is 19.3. The van der Waals surface area contributed by atoms with Gasteiger partial charge in [0.05, 0.1) is 66.9 Å². The van der Waals surface area contributed by atoms with Crippen molar-refractivity contribution in [1.29, 1.82) is 10.5 Å². The van der Waals surface area contributed by atoms with E-state index in [4.69, 9.17) is 0 Å². The number of benzene rings is 11. The topological polar surface area (TPSA) is 67.3 Å². The minimum Gasteiger partial charge on any atom is -0.306 e. The quantitative estimate of drug-likeness (QED) is 0.172. The minimum atomic E-state index is 0.426. The van der Waals surface area contributed by atoms with Crippen LogP contribution in [0.4, 0.5) is 0 Å². The van der Waals surface area contributed by atoms with Gasteiger partial charge < -0.3 is 18.3 Å². The van der Waals surface area contributed by atoms with Crippen LogP contribution >= 0.6 is 11.3 Å². The molecule has 0 saturated carbocycles. The van der Waals surface area contributed by atoms with Crippen LogP contribution in [0, 0.1) is 22.7 Å². The molecule has 0 N–H and O–H groups in total. The molecule has 0 amide bonds. The fourth-order valence-corrected chi connectivity index (χ4v) is 13.9. The second-order valence-corrected chi connectivity index (χ2v) is 20.4. The zero-order valence-electron chi connectivity index (χ0n) is 40.0. The van der Waals surface area contributed by atoms with Crippen molar-refractivity contribution in [3.8, 4) is 46.0 Å². The summed E-state index contributed by atoms with van der Waals surface area (Å²) in [7, 11) is 0. The van der Waals surface area contributed by atoms with Crippen LogP contribution < -0.4 is 0 Å². The van der Waals surface area contributed by atoms with Gasteiger partial charge in [0.15, 0.2) is 0 Å². The molecule has 0 aliphatic carbocycles. The Morgan fingerprint density at radius 1 is 0.280 bits per heavy atom. The van der Waals surface area contributed by atoms with Crippen LogP contribution in [0.3, 0.4) is 0 Å². The van der Waals surface area contributed by atoms with E-state index in [0.717, 1.165) is 98.4 Å². The van der Waals surface area contributed by atoms with Crippen molar-refractivity contribution in [3.05, 3.63) is 242 Å². The van der Waals surface area contributed by atoms with Crippen molar-refractivity contribution in [1.82, 2.24) is 18.3 Å². The zero-order chi connectivity index (χ0) is 49.5. The number of rotatable bonds is 5. The monoisotopic (exact) mass is 970 g/mol. The maximum absolute atomic E-state index is 12.8. The van der Waals surface area contributed by atoms with E-state index in [1.165, 1.54) is 20.2 Å². The first-order valence-corrected chi connectivity index (χ1v) is 26.0. The smallest absolute Gasteiger partial charge is 0.104 e. The van der Waals surface area contributed by atoms with Crippen LogP contribution in [0.25, 0.3) is 141 Å². The van der Waals surface area contributed by atoms with Gasteiger partial charge in [-0.25, -0.2) is 0 Å². The fourth-order valence-electron chi connectivity index (χ4n) is 12.6. The standard InChI is InChI=1S/C68H38N6S/c69-39-52-64(71-54-27-11-4-20-43(54)44-21-5-12-28-55(44)71)65(72-56-29-13-6-22-45(56)46-23-7-14-30-57(46)72)53(40-70)67(66(52)73-58-31-15-8-24-47(58)48-25-9-16-32-59(48)73)74-60-37-36-50-49-26-10-17-33-62(49)75-68(50)63(60)51-35-34-42(38-61(51)74)41-18-2-1-3-19-41/h1-38H. The number of hydrogen-bond acceptors (Lipinski definition) is 3. The van der Waals surface area contributed by atoms with E-state index in [1.54, 1.807) is 11.3 Å². The van der Waals surface area contributed by atoms with Crippen molar-refractivity contribution in [3.63, 3.8) is 0 Å². The molecule has 0 bridgehead atoms. The first kappa shape index (κ1) is 41.4. The lowest BCUT2D eigenvalue weighted by Gasteiger charge is -2.27. The van der Waals surface area contributed by atoms with Crippen molar-refractivity contribution < 1.29 is 0 Å². The fraction of sp³-hybridized carbons (Fsp3) is 0. The highest BCUT2D eigenvalue weighted by Gasteiger charge is 2.35. The molecule has 0 aliphatic rings. The highest BCUT2D eigenvalue weighted by Crippen LogP contribution is 2.50. The molecule has 6 nitrogen and oxygen atoms in total. The molecular weight excluding hydrogens is 933 g/mol. The maximum Gasteiger partial charge on any atom is 0.104 e. The molecule has 7 heteroatoms. The Morgan fingerprint density at radius 2 is 0.640 bits per heavy atom. The van der Waals surface area contributed by atoms with E-state index >= 15 is 0 Å². The first-order valence-electron chi connectivity index (χ1n) is 25.1. The predicted octanol–water partition coefficient (Wildman–Crippen LogP) is 17.9. The van der Waals surface area contributed by atoms with Crippen molar-refractivity contribution in [2.75, 3.05) is 0 Å². The van der Waals surface area contributed by atoms with Crippen LogP contribution in [0.5, 0.6) is 0 Å². The van der Waals surface area contributed by atoms with Crippen LogP contribution in [0.1, 0.15) is 11.1 Å². The largest absolute Gasteiger partial charge is 0.306 e. The molecule has 0 saturated heterocycles. The lowest BCUT2D eigenvalue weighted by atomic mass is 9.98. The van der Waals surface area contributed by atoms with Crippen molar-refractivity contribution in [2.24, 2.45) is 0 Å². The Bertz CT molecular complexity index is 5060. The molecule has 346 valence electrons. The Balaban J connectivity index is 1.22. The summed E-state index contributed by atoms with van der Waals surface area (Å²) in [5.41, 5.74) is 12.9. The molecule has 75 heavy (non-hydrogen) atoms. The summed E-state index contributed by atoms with van der Waals surface area (Å²) >= 11 is 1.80. The molecule has 11 aromatic carbocycles. The number of aromatic nitrogens is 4. The molecule has 0 spiro atoms. The summed E-state index contributed by atoms with van der Waals surface area (Å²) in [5.74, 6) is 0. The van der Waals surface area contributed by atoms with Gasteiger partial charge in [0.25, 0.3) is 0 Å². The third-order valence-electron chi connectivity index (χ3n) is 15.6. The number of thiophene rings is 1. The Hall–Kier alpha value is -10.2. The van der Waals surface area contributed by atoms with E-state index in [9.17, 15) is 10.5 Å². The second kappa shape index (κ2) is 15.7. The highest BCUT2D eigenvalue weighted by atomic mass is 32.1. The van der Waals surface area contributed by atoms with E-state index < -0.39 is 0 Å². The number of hydrogen-bond donors (Lipinski definition) is 0. The summed E-state index contributed by atoms with van der Waals surface area (Å²) in [6.45, 7) is 0. The SMILES string of the molecule is N#Cc1c(-n2c3ccccc3c3ccccc32)c(-n2c3ccccc3c3ccccc32)c(C#N)c(-n2c3cc(-c4ccccc4)ccc3c3c4sc5ccccc5c4ccc32)c1-n1c2ccccc2c2ccccc21. The third-order valence-corrected chi connectivity index (χ3v) is 16.8. The molecule has 0 atom stereocenters. The van der Waals surface area contributed by atoms with E-state index in [0.29, 0.717) is 33.9 Å². The molecule has 0 unspecified atom stereocenters. The lowest BCUT2D eigenvalue weighted by Crippen LogP contribution is -2.16. The zero-order valence-corrected chi connectivity index (χ0v) is 40.8. The summed E-state index contributed by atoms with van der Waals surface area (Å²) < 4.78 is 11.5. The predicted molar refractivity (Wildman–Crippen MR) is 312 cm³/mol. The maximum atomic E-state index is 12.8.